The summed E-state index contributed by atoms with van der Waals surface area (Å²) in [6.07, 6.45) is 1.21. The minimum absolute atomic E-state index is 0. The van der Waals surface area contributed by atoms with E-state index in [9.17, 15) is 9.18 Å². The van der Waals surface area contributed by atoms with Crippen LogP contribution in [0.5, 0.6) is 5.75 Å². The van der Waals surface area contributed by atoms with E-state index in [4.69, 9.17) is 9.47 Å². The lowest BCUT2D eigenvalue weighted by molar-refractivity contribution is -0.0255. The number of nitrogens with one attached hydrogen (secondary N) is 1. The standard InChI is InChI=1S/C13H14FNO3.ClH/c1-17-8-6-9-11(10(14)7-8)13(18-12(9)16)2-4-15-5-3-13;/h6-7,15H,2-5H2,1H3;1H. The topological polar surface area (TPSA) is 47.6 Å². The lowest BCUT2D eigenvalue weighted by Gasteiger charge is -2.33. The fraction of sp³-hybridized carbons (Fsp3) is 0.462. The Labute approximate surface area is 116 Å². The maximum atomic E-state index is 14.2. The molecular formula is C13H15ClFNO3. The van der Waals surface area contributed by atoms with Crippen molar-refractivity contribution in [1.29, 1.82) is 0 Å². The first-order valence-electron chi connectivity index (χ1n) is 5.98. The molecule has 2 aliphatic heterocycles. The van der Waals surface area contributed by atoms with Gasteiger partial charge in [0.1, 0.15) is 17.2 Å². The minimum atomic E-state index is -0.784. The van der Waals surface area contributed by atoms with Gasteiger partial charge in [0.2, 0.25) is 0 Å². The Morgan fingerprint density at radius 1 is 1.37 bits per heavy atom. The van der Waals surface area contributed by atoms with Crippen molar-refractivity contribution in [2.75, 3.05) is 20.2 Å². The number of hydrogen-bond donors (Lipinski definition) is 1. The zero-order valence-corrected chi connectivity index (χ0v) is 11.3. The highest BCUT2D eigenvalue weighted by Gasteiger charge is 2.48. The second kappa shape index (κ2) is 4.98. The van der Waals surface area contributed by atoms with Gasteiger partial charge in [0.15, 0.2) is 0 Å². The van der Waals surface area contributed by atoms with Crippen LogP contribution in [0.25, 0.3) is 0 Å². The van der Waals surface area contributed by atoms with Crippen LogP contribution in [0.4, 0.5) is 4.39 Å². The van der Waals surface area contributed by atoms with Crippen molar-refractivity contribution in [3.63, 3.8) is 0 Å². The number of methoxy groups -OCH3 is 1. The highest BCUT2D eigenvalue weighted by molar-refractivity contribution is 5.95. The molecule has 1 spiro atoms. The van der Waals surface area contributed by atoms with Gasteiger partial charge in [-0.05, 0) is 19.2 Å². The molecule has 0 bridgehead atoms. The second-order valence-corrected chi connectivity index (χ2v) is 4.67. The van der Waals surface area contributed by atoms with Crippen molar-refractivity contribution in [2.45, 2.75) is 18.4 Å². The van der Waals surface area contributed by atoms with Crippen molar-refractivity contribution < 1.29 is 18.7 Å². The minimum Gasteiger partial charge on any atom is -0.497 e. The summed E-state index contributed by atoms with van der Waals surface area (Å²) in [6.45, 7) is 1.44. The SMILES string of the molecule is COc1cc(F)c2c(c1)C(=O)OC21CCNCC1.Cl. The maximum Gasteiger partial charge on any atom is 0.339 e. The third-order valence-corrected chi connectivity index (χ3v) is 3.67. The fourth-order valence-electron chi connectivity index (χ4n) is 2.79. The molecule has 0 atom stereocenters. The molecule has 1 fully saturated rings. The lowest BCUT2D eigenvalue weighted by atomic mass is 9.84. The van der Waals surface area contributed by atoms with E-state index in [2.05, 4.69) is 5.32 Å². The van der Waals surface area contributed by atoms with E-state index in [-0.39, 0.29) is 12.4 Å². The normalized spacial score (nSPS) is 19.6. The van der Waals surface area contributed by atoms with Gasteiger partial charge in [-0.3, -0.25) is 0 Å². The van der Waals surface area contributed by atoms with E-state index in [0.29, 0.717) is 29.7 Å². The van der Waals surface area contributed by atoms with Gasteiger partial charge in [0, 0.05) is 24.5 Å². The van der Waals surface area contributed by atoms with E-state index in [1.165, 1.54) is 13.2 Å². The molecule has 2 heterocycles. The molecule has 0 saturated carbocycles. The number of ether oxygens (including phenoxy) is 2. The Bertz CT molecular complexity index is 515. The molecule has 0 amide bonds. The summed E-state index contributed by atoms with van der Waals surface area (Å²) in [7, 11) is 1.45. The molecule has 1 N–H and O–H groups in total. The lowest BCUT2D eigenvalue weighted by Crippen LogP contribution is -2.40. The maximum absolute atomic E-state index is 14.2. The number of benzene rings is 1. The van der Waals surface area contributed by atoms with E-state index < -0.39 is 17.4 Å². The molecule has 6 heteroatoms. The molecule has 3 rings (SSSR count). The monoisotopic (exact) mass is 287 g/mol. The molecule has 104 valence electrons. The summed E-state index contributed by atoms with van der Waals surface area (Å²) >= 11 is 0. The Morgan fingerprint density at radius 3 is 2.68 bits per heavy atom. The second-order valence-electron chi connectivity index (χ2n) is 4.67. The van der Waals surface area contributed by atoms with E-state index in [0.717, 1.165) is 13.1 Å². The molecule has 1 saturated heterocycles. The Balaban J connectivity index is 0.00000133. The molecule has 1 aromatic carbocycles. The first-order chi connectivity index (χ1) is 8.66. The largest absolute Gasteiger partial charge is 0.497 e. The van der Waals surface area contributed by atoms with Crippen molar-refractivity contribution in [1.82, 2.24) is 5.32 Å². The highest BCUT2D eigenvalue weighted by Crippen LogP contribution is 2.45. The first-order valence-corrected chi connectivity index (χ1v) is 5.98. The van der Waals surface area contributed by atoms with Crippen LogP contribution in [-0.2, 0) is 10.3 Å². The summed E-state index contributed by atoms with van der Waals surface area (Å²) in [4.78, 5) is 11.9. The number of esters is 1. The van der Waals surface area contributed by atoms with Crippen LogP contribution in [-0.4, -0.2) is 26.2 Å². The molecule has 19 heavy (non-hydrogen) atoms. The van der Waals surface area contributed by atoms with E-state index >= 15 is 0 Å². The summed E-state index contributed by atoms with van der Waals surface area (Å²) < 4.78 is 24.7. The quantitative estimate of drug-likeness (QED) is 0.803. The number of carbonyl (C=O) groups excluding carboxylic acids is 1. The zero-order chi connectivity index (χ0) is 12.8. The third kappa shape index (κ3) is 2.07. The molecule has 4 nitrogen and oxygen atoms in total. The number of halogens is 2. The van der Waals surface area contributed by atoms with Gasteiger partial charge in [-0.15, -0.1) is 12.4 Å². The summed E-state index contributed by atoms with van der Waals surface area (Å²) in [5.41, 5.74) is -0.0860. The van der Waals surface area contributed by atoms with Crippen LogP contribution in [0.3, 0.4) is 0 Å². The summed E-state index contributed by atoms with van der Waals surface area (Å²) in [6, 6.07) is 2.86. The van der Waals surface area contributed by atoms with Crippen molar-refractivity contribution in [3.8, 4) is 5.75 Å². The fourth-order valence-corrected chi connectivity index (χ4v) is 2.79. The molecule has 2 aliphatic rings. The highest BCUT2D eigenvalue weighted by atomic mass is 35.5. The van der Waals surface area contributed by atoms with Gasteiger partial charge < -0.3 is 14.8 Å². The first kappa shape index (κ1) is 14.1. The molecule has 0 unspecified atom stereocenters. The van der Waals surface area contributed by atoms with Gasteiger partial charge in [-0.25, -0.2) is 9.18 Å². The number of piperidine rings is 1. The molecule has 0 aromatic heterocycles. The van der Waals surface area contributed by atoms with Crippen molar-refractivity contribution in [2.24, 2.45) is 0 Å². The van der Waals surface area contributed by atoms with Gasteiger partial charge in [0.05, 0.1) is 12.7 Å². The Morgan fingerprint density at radius 2 is 2.05 bits per heavy atom. The number of carbonyl (C=O) groups is 1. The van der Waals surface area contributed by atoms with Gasteiger partial charge >= 0.3 is 5.97 Å². The number of rotatable bonds is 1. The molecular weight excluding hydrogens is 273 g/mol. The summed E-state index contributed by atoms with van der Waals surface area (Å²) in [5.74, 6) is -0.531. The molecule has 0 aliphatic carbocycles. The van der Waals surface area contributed by atoms with Crippen LogP contribution in [0.2, 0.25) is 0 Å². The van der Waals surface area contributed by atoms with Crippen LogP contribution < -0.4 is 10.1 Å². The molecule has 0 radical (unpaired) electrons. The average Bonchev–Trinajstić information content (AvgIpc) is 2.63. The van der Waals surface area contributed by atoms with Crippen LogP contribution in [0.1, 0.15) is 28.8 Å². The van der Waals surface area contributed by atoms with Gasteiger partial charge in [0.25, 0.3) is 0 Å². The predicted molar refractivity (Wildman–Crippen MR) is 69.4 cm³/mol. The van der Waals surface area contributed by atoms with Crippen LogP contribution >= 0.6 is 12.4 Å². The van der Waals surface area contributed by atoms with Crippen molar-refractivity contribution >= 4 is 18.4 Å². The number of fused-ring (bicyclic) bond motifs is 2. The Kier molecular flexibility index (Phi) is 3.69. The van der Waals surface area contributed by atoms with Crippen LogP contribution in [0, 0.1) is 5.82 Å². The van der Waals surface area contributed by atoms with Gasteiger partial charge in [-0.1, -0.05) is 0 Å². The van der Waals surface area contributed by atoms with Gasteiger partial charge in [-0.2, -0.15) is 0 Å². The average molecular weight is 288 g/mol. The van der Waals surface area contributed by atoms with Crippen molar-refractivity contribution in [3.05, 3.63) is 29.1 Å². The Hall–Kier alpha value is -1.33. The summed E-state index contributed by atoms with van der Waals surface area (Å²) in [5, 5.41) is 3.19. The van der Waals surface area contributed by atoms with Crippen LogP contribution in [0.15, 0.2) is 12.1 Å². The molecule has 1 aromatic rings. The third-order valence-electron chi connectivity index (χ3n) is 3.67. The smallest absolute Gasteiger partial charge is 0.339 e. The zero-order valence-electron chi connectivity index (χ0n) is 10.5. The van der Waals surface area contributed by atoms with E-state index in [1.54, 1.807) is 6.07 Å². The number of hydrogen-bond acceptors (Lipinski definition) is 4. The van der Waals surface area contributed by atoms with E-state index in [1.807, 2.05) is 0 Å². The predicted octanol–water partition coefficient (Wildman–Crippen LogP) is 2.01.